The van der Waals surface area contributed by atoms with Gasteiger partial charge >= 0.3 is 0 Å². The predicted molar refractivity (Wildman–Crippen MR) is 105 cm³/mol. The number of hydrogen-bond acceptors (Lipinski definition) is 5. The summed E-state index contributed by atoms with van der Waals surface area (Å²) in [6.45, 7) is 1.79. The largest absolute Gasteiger partial charge is 0.496 e. The standard InChI is InChI=1S/C19H17ClN4O4/c1-12-9-18(23(22-12)15-4-6-16(7-5-15)24(26)27)21-19(25)11-13-10-14(20)3-8-17(13)28-2/h3-10H,11H2,1-2H3,(H,21,25). The molecule has 1 aromatic heterocycles. The van der Waals surface area contributed by atoms with Crippen molar-refractivity contribution in [1.82, 2.24) is 9.78 Å². The third kappa shape index (κ3) is 4.29. The van der Waals surface area contributed by atoms with Crippen LogP contribution in [0.15, 0.2) is 48.5 Å². The highest BCUT2D eigenvalue weighted by Crippen LogP contribution is 2.24. The molecule has 0 saturated heterocycles. The van der Waals surface area contributed by atoms with Crippen LogP contribution in [0.25, 0.3) is 5.69 Å². The van der Waals surface area contributed by atoms with Crippen molar-refractivity contribution in [1.29, 1.82) is 0 Å². The zero-order valence-electron chi connectivity index (χ0n) is 15.2. The van der Waals surface area contributed by atoms with E-state index in [4.69, 9.17) is 16.3 Å². The summed E-state index contributed by atoms with van der Waals surface area (Å²) < 4.78 is 6.79. The summed E-state index contributed by atoms with van der Waals surface area (Å²) in [5.74, 6) is 0.751. The monoisotopic (exact) mass is 400 g/mol. The summed E-state index contributed by atoms with van der Waals surface area (Å²) in [6, 6.07) is 12.7. The molecule has 0 aliphatic heterocycles. The van der Waals surface area contributed by atoms with E-state index in [9.17, 15) is 14.9 Å². The summed E-state index contributed by atoms with van der Waals surface area (Å²) in [7, 11) is 1.53. The van der Waals surface area contributed by atoms with Crippen molar-refractivity contribution in [2.45, 2.75) is 13.3 Å². The molecule has 0 saturated carbocycles. The number of rotatable bonds is 6. The van der Waals surface area contributed by atoms with Crippen LogP contribution in [0.1, 0.15) is 11.3 Å². The number of nitro groups is 1. The molecule has 1 amide bonds. The second kappa shape index (κ2) is 8.10. The lowest BCUT2D eigenvalue weighted by Crippen LogP contribution is -2.17. The normalized spacial score (nSPS) is 10.5. The summed E-state index contributed by atoms with van der Waals surface area (Å²) in [6.07, 6.45) is 0.0637. The van der Waals surface area contributed by atoms with Crippen LogP contribution < -0.4 is 10.1 Å². The van der Waals surface area contributed by atoms with E-state index in [2.05, 4.69) is 10.4 Å². The fourth-order valence-electron chi connectivity index (χ4n) is 2.75. The Hall–Kier alpha value is -3.39. The number of methoxy groups -OCH3 is 1. The number of nitrogens with zero attached hydrogens (tertiary/aromatic N) is 3. The number of aromatic nitrogens is 2. The van der Waals surface area contributed by atoms with Crippen LogP contribution in [0.3, 0.4) is 0 Å². The molecule has 144 valence electrons. The molecule has 9 heteroatoms. The van der Waals surface area contributed by atoms with Gasteiger partial charge in [-0.05, 0) is 37.3 Å². The Kier molecular flexibility index (Phi) is 5.60. The third-order valence-electron chi connectivity index (χ3n) is 4.00. The lowest BCUT2D eigenvalue weighted by atomic mass is 10.1. The smallest absolute Gasteiger partial charge is 0.269 e. The molecule has 8 nitrogen and oxygen atoms in total. The summed E-state index contributed by atoms with van der Waals surface area (Å²) in [4.78, 5) is 22.9. The Morgan fingerprint density at radius 2 is 1.96 bits per heavy atom. The van der Waals surface area contributed by atoms with E-state index in [0.29, 0.717) is 33.5 Å². The van der Waals surface area contributed by atoms with Gasteiger partial charge in [-0.15, -0.1) is 0 Å². The Morgan fingerprint density at radius 1 is 1.25 bits per heavy atom. The zero-order chi connectivity index (χ0) is 20.3. The van der Waals surface area contributed by atoms with Crippen molar-refractivity contribution < 1.29 is 14.5 Å². The summed E-state index contributed by atoms with van der Waals surface area (Å²) in [5.41, 5.74) is 1.92. The first-order valence-corrected chi connectivity index (χ1v) is 8.69. The van der Waals surface area contributed by atoms with Gasteiger partial charge in [-0.2, -0.15) is 5.10 Å². The maximum absolute atomic E-state index is 12.6. The number of carbonyl (C=O) groups excluding carboxylic acids is 1. The van der Waals surface area contributed by atoms with Gasteiger partial charge in [-0.25, -0.2) is 4.68 Å². The van der Waals surface area contributed by atoms with Gasteiger partial charge in [0.05, 0.1) is 29.8 Å². The molecule has 0 aliphatic rings. The number of aryl methyl sites for hydroxylation is 1. The van der Waals surface area contributed by atoms with Crippen molar-refractivity contribution in [3.63, 3.8) is 0 Å². The fourth-order valence-corrected chi connectivity index (χ4v) is 2.94. The van der Waals surface area contributed by atoms with Crippen molar-refractivity contribution in [3.8, 4) is 11.4 Å². The molecular weight excluding hydrogens is 384 g/mol. The summed E-state index contributed by atoms with van der Waals surface area (Å²) in [5, 5.41) is 18.5. The second-order valence-corrected chi connectivity index (χ2v) is 6.47. The van der Waals surface area contributed by atoms with E-state index in [0.717, 1.165) is 0 Å². The predicted octanol–water partition coefficient (Wildman–Crippen LogP) is 3.93. The van der Waals surface area contributed by atoms with E-state index in [1.54, 1.807) is 43.3 Å². The minimum absolute atomic E-state index is 0.0220. The Bertz CT molecular complexity index is 1030. The average molecular weight is 401 g/mol. The minimum atomic E-state index is -0.473. The molecular formula is C19H17ClN4O4. The van der Waals surface area contributed by atoms with Crippen LogP contribution >= 0.6 is 11.6 Å². The number of nitrogens with one attached hydrogen (secondary N) is 1. The number of nitro benzene ring substituents is 1. The van der Waals surface area contributed by atoms with E-state index in [1.165, 1.54) is 23.9 Å². The molecule has 0 bridgehead atoms. The van der Waals surface area contributed by atoms with Gasteiger partial charge in [0, 0.05) is 28.8 Å². The van der Waals surface area contributed by atoms with E-state index < -0.39 is 4.92 Å². The molecule has 0 radical (unpaired) electrons. The van der Waals surface area contributed by atoms with Gasteiger partial charge in [0.25, 0.3) is 5.69 Å². The Morgan fingerprint density at radius 3 is 2.61 bits per heavy atom. The summed E-state index contributed by atoms with van der Waals surface area (Å²) >= 11 is 6.01. The molecule has 2 aromatic carbocycles. The number of benzene rings is 2. The molecule has 1 N–H and O–H groups in total. The van der Waals surface area contributed by atoms with Gasteiger partial charge in [0.15, 0.2) is 0 Å². The SMILES string of the molecule is COc1ccc(Cl)cc1CC(=O)Nc1cc(C)nn1-c1ccc([N+](=O)[O-])cc1. The van der Waals surface area contributed by atoms with Gasteiger partial charge in [0.2, 0.25) is 5.91 Å². The molecule has 0 spiro atoms. The fraction of sp³-hybridized carbons (Fsp3) is 0.158. The van der Waals surface area contributed by atoms with Crippen LogP contribution in [0.5, 0.6) is 5.75 Å². The first-order chi connectivity index (χ1) is 13.4. The number of non-ortho nitro benzene ring substituents is 1. The van der Waals surface area contributed by atoms with Gasteiger partial charge < -0.3 is 10.1 Å². The number of anilines is 1. The van der Waals surface area contributed by atoms with Crippen molar-refractivity contribution in [3.05, 3.63) is 74.9 Å². The molecule has 3 aromatic rings. The topological polar surface area (TPSA) is 99.3 Å². The van der Waals surface area contributed by atoms with Crippen molar-refractivity contribution in [2.75, 3.05) is 12.4 Å². The lowest BCUT2D eigenvalue weighted by Gasteiger charge is -2.11. The molecule has 3 rings (SSSR count). The Balaban J connectivity index is 1.82. The average Bonchev–Trinajstić information content (AvgIpc) is 3.02. The van der Waals surface area contributed by atoms with E-state index in [1.807, 2.05) is 0 Å². The molecule has 0 fully saturated rings. The first-order valence-electron chi connectivity index (χ1n) is 8.31. The van der Waals surface area contributed by atoms with Crippen LogP contribution in [0.2, 0.25) is 5.02 Å². The highest BCUT2D eigenvalue weighted by molar-refractivity contribution is 6.30. The lowest BCUT2D eigenvalue weighted by molar-refractivity contribution is -0.384. The zero-order valence-corrected chi connectivity index (χ0v) is 15.9. The second-order valence-electron chi connectivity index (χ2n) is 6.04. The van der Waals surface area contributed by atoms with Gasteiger partial charge in [-0.3, -0.25) is 14.9 Å². The molecule has 0 atom stereocenters. The quantitative estimate of drug-likeness (QED) is 0.499. The van der Waals surface area contributed by atoms with Crippen LogP contribution in [-0.4, -0.2) is 27.7 Å². The van der Waals surface area contributed by atoms with Crippen LogP contribution in [-0.2, 0) is 11.2 Å². The van der Waals surface area contributed by atoms with E-state index in [-0.39, 0.29) is 18.0 Å². The van der Waals surface area contributed by atoms with Gasteiger partial charge in [-0.1, -0.05) is 11.6 Å². The number of carbonyl (C=O) groups is 1. The highest BCUT2D eigenvalue weighted by atomic mass is 35.5. The molecule has 0 unspecified atom stereocenters. The maximum Gasteiger partial charge on any atom is 0.269 e. The molecule has 28 heavy (non-hydrogen) atoms. The third-order valence-corrected chi connectivity index (χ3v) is 4.23. The number of halogens is 1. The Labute approximate surface area is 165 Å². The highest BCUT2D eigenvalue weighted by Gasteiger charge is 2.15. The maximum atomic E-state index is 12.6. The molecule has 0 aliphatic carbocycles. The van der Waals surface area contributed by atoms with Crippen LogP contribution in [0, 0.1) is 17.0 Å². The minimum Gasteiger partial charge on any atom is -0.496 e. The van der Waals surface area contributed by atoms with Crippen molar-refractivity contribution in [2.24, 2.45) is 0 Å². The number of hydrogen-bond donors (Lipinski definition) is 1. The van der Waals surface area contributed by atoms with Crippen LogP contribution in [0.4, 0.5) is 11.5 Å². The van der Waals surface area contributed by atoms with E-state index >= 15 is 0 Å². The van der Waals surface area contributed by atoms with Gasteiger partial charge in [0.1, 0.15) is 11.6 Å². The molecule has 1 heterocycles. The van der Waals surface area contributed by atoms with Crippen molar-refractivity contribution >= 4 is 29.0 Å². The first kappa shape index (κ1) is 19.4. The number of amides is 1. The number of ether oxygens (including phenoxy) is 1.